The monoisotopic (exact) mass is 358 g/mol. The number of aliphatic hydroxyl groups excluding tert-OH is 2. The van der Waals surface area contributed by atoms with E-state index in [4.69, 9.17) is 20.1 Å². The molecule has 4 N–H and O–H groups in total. The summed E-state index contributed by atoms with van der Waals surface area (Å²) in [5, 5.41) is 36.4. The van der Waals surface area contributed by atoms with E-state index in [1.54, 1.807) is 6.92 Å². The van der Waals surface area contributed by atoms with E-state index in [1.807, 2.05) is 6.92 Å². The first-order chi connectivity index (χ1) is 11.6. The van der Waals surface area contributed by atoms with E-state index >= 15 is 0 Å². The average molecular weight is 358 g/mol. The molecule has 0 spiro atoms. The molecule has 0 radical (unpaired) electrons. The molecule has 1 aliphatic rings. The molecule has 0 aliphatic carbocycles. The normalized spacial score (nSPS) is 26.8. The molecule has 0 saturated carbocycles. The first kappa shape index (κ1) is 21.6. The number of carbonyl (C=O) groups is 2. The maximum absolute atomic E-state index is 10.9. The van der Waals surface area contributed by atoms with Gasteiger partial charge in [0.1, 0.15) is 12.0 Å². The molecule has 0 aromatic rings. The first-order valence-corrected chi connectivity index (χ1v) is 8.71. The fourth-order valence-corrected chi connectivity index (χ4v) is 3.44. The minimum atomic E-state index is -1.18. The molecule has 1 rings (SSSR count). The van der Waals surface area contributed by atoms with Crippen LogP contribution in [-0.2, 0) is 14.3 Å². The molecule has 0 unspecified atom stereocenters. The number of hydrogen-bond donors (Lipinski definition) is 4. The zero-order valence-electron chi connectivity index (χ0n) is 15.1. The van der Waals surface area contributed by atoms with E-state index < -0.39 is 30.6 Å². The second-order valence-electron chi connectivity index (χ2n) is 7.33. The summed E-state index contributed by atoms with van der Waals surface area (Å²) in [4.78, 5) is 21.6. The summed E-state index contributed by atoms with van der Waals surface area (Å²) in [7, 11) is 0. The average Bonchev–Trinajstić information content (AvgIpc) is 3.14. The van der Waals surface area contributed by atoms with Gasteiger partial charge in [-0.05, 0) is 38.2 Å². The van der Waals surface area contributed by atoms with Gasteiger partial charge in [-0.3, -0.25) is 4.79 Å². The van der Waals surface area contributed by atoms with Crippen molar-refractivity contribution in [2.45, 2.75) is 70.7 Å². The molecular weight excluding hydrogens is 328 g/mol. The number of unbranched alkanes of at least 4 members (excludes halogenated alkanes) is 1. The lowest BCUT2D eigenvalue weighted by Crippen LogP contribution is -2.31. The highest BCUT2D eigenvalue weighted by atomic mass is 16.6. The summed E-state index contributed by atoms with van der Waals surface area (Å²) in [6, 6.07) is 0. The number of aliphatic hydroxyl groups is 2. The Kier molecular flexibility index (Phi) is 8.05. The van der Waals surface area contributed by atoms with Crippen LogP contribution in [0.15, 0.2) is 11.6 Å². The van der Waals surface area contributed by atoms with E-state index in [-0.39, 0.29) is 11.7 Å². The van der Waals surface area contributed by atoms with Gasteiger partial charge < -0.3 is 25.2 Å². The van der Waals surface area contributed by atoms with Crippen molar-refractivity contribution in [3.8, 4) is 0 Å². The Hall–Kier alpha value is -1.44. The number of aliphatic carboxylic acids is 2. The Balaban J connectivity index is 2.29. The molecule has 5 atom stereocenters. The summed E-state index contributed by atoms with van der Waals surface area (Å²) in [5.74, 6) is -2.90. The van der Waals surface area contributed by atoms with Gasteiger partial charge in [-0.1, -0.05) is 26.2 Å². The summed E-state index contributed by atoms with van der Waals surface area (Å²) in [6.07, 6.45) is 3.62. The molecule has 0 bridgehead atoms. The van der Waals surface area contributed by atoms with Crippen LogP contribution < -0.4 is 0 Å². The van der Waals surface area contributed by atoms with E-state index in [9.17, 15) is 14.7 Å². The molecule has 25 heavy (non-hydrogen) atoms. The number of carboxylic acids is 2. The van der Waals surface area contributed by atoms with Crippen molar-refractivity contribution in [3.05, 3.63) is 11.6 Å². The molecule has 0 aromatic heterocycles. The molecule has 7 nitrogen and oxygen atoms in total. The van der Waals surface area contributed by atoms with Gasteiger partial charge in [0.2, 0.25) is 0 Å². The topological polar surface area (TPSA) is 128 Å². The predicted octanol–water partition coefficient (Wildman–Crippen LogP) is 1.82. The van der Waals surface area contributed by atoms with Crippen molar-refractivity contribution in [3.63, 3.8) is 0 Å². The quantitative estimate of drug-likeness (QED) is 0.238. The van der Waals surface area contributed by atoms with Gasteiger partial charge in [0, 0.05) is 6.08 Å². The highest BCUT2D eigenvalue weighted by Gasteiger charge is 2.53. The number of ether oxygens (including phenoxy) is 1. The zero-order valence-corrected chi connectivity index (χ0v) is 15.1. The van der Waals surface area contributed by atoms with Crippen molar-refractivity contribution < 1.29 is 34.8 Å². The van der Waals surface area contributed by atoms with Crippen LogP contribution in [0.1, 0.15) is 52.9 Å². The Morgan fingerprint density at radius 3 is 2.36 bits per heavy atom. The second-order valence-corrected chi connectivity index (χ2v) is 7.33. The highest BCUT2D eigenvalue weighted by molar-refractivity contribution is 5.81. The molecule has 1 heterocycles. The van der Waals surface area contributed by atoms with Crippen LogP contribution in [0.2, 0.25) is 0 Å². The van der Waals surface area contributed by atoms with Crippen LogP contribution in [0, 0.1) is 11.8 Å². The van der Waals surface area contributed by atoms with Crippen LogP contribution in [0.3, 0.4) is 0 Å². The molecule has 1 fully saturated rings. The smallest absolute Gasteiger partial charge is 0.328 e. The zero-order chi connectivity index (χ0) is 19.2. The van der Waals surface area contributed by atoms with Crippen molar-refractivity contribution in [1.29, 1.82) is 0 Å². The molecule has 0 amide bonds. The number of epoxide rings is 1. The van der Waals surface area contributed by atoms with E-state index in [0.717, 1.165) is 19.3 Å². The van der Waals surface area contributed by atoms with E-state index in [2.05, 4.69) is 6.92 Å². The molecule has 0 aromatic carbocycles. The predicted molar refractivity (Wildman–Crippen MR) is 91.1 cm³/mol. The Morgan fingerprint density at radius 1 is 1.24 bits per heavy atom. The number of carboxylic acid groups (broad SMARTS) is 2. The summed E-state index contributed by atoms with van der Waals surface area (Å²) >= 11 is 0. The van der Waals surface area contributed by atoms with Gasteiger partial charge in [-0.15, -0.1) is 0 Å². The third-order valence-corrected chi connectivity index (χ3v) is 4.83. The first-order valence-electron chi connectivity index (χ1n) is 8.71. The van der Waals surface area contributed by atoms with Gasteiger partial charge in [0.05, 0.1) is 18.3 Å². The fraction of sp³-hybridized carbons (Fsp3) is 0.778. The minimum absolute atomic E-state index is 0.145. The second kappa shape index (κ2) is 9.31. The van der Waals surface area contributed by atoms with Gasteiger partial charge in [0.25, 0.3) is 0 Å². The minimum Gasteiger partial charge on any atom is -0.481 e. The van der Waals surface area contributed by atoms with Crippen molar-refractivity contribution in [2.24, 2.45) is 11.8 Å². The van der Waals surface area contributed by atoms with E-state index in [0.29, 0.717) is 24.3 Å². The molecule has 1 saturated heterocycles. The Labute approximate surface area is 148 Å². The maximum atomic E-state index is 10.9. The lowest BCUT2D eigenvalue weighted by molar-refractivity contribution is -0.147. The lowest BCUT2D eigenvalue weighted by atomic mass is 9.88. The Bertz CT molecular complexity index is 502. The van der Waals surface area contributed by atoms with Crippen molar-refractivity contribution >= 4 is 11.9 Å². The van der Waals surface area contributed by atoms with Crippen LogP contribution >= 0.6 is 0 Å². The van der Waals surface area contributed by atoms with E-state index in [1.165, 1.54) is 6.08 Å². The van der Waals surface area contributed by atoms with Gasteiger partial charge in [0.15, 0.2) is 0 Å². The van der Waals surface area contributed by atoms with Crippen LogP contribution in [0.4, 0.5) is 0 Å². The molecule has 7 heteroatoms. The van der Waals surface area contributed by atoms with Gasteiger partial charge in [-0.2, -0.15) is 0 Å². The third kappa shape index (κ3) is 6.76. The number of rotatable bonds is 12. The lowest BCUT2D eigenvalue weighted by Gasteiger charge is -2.18. The Morgan fingerprint density at radius 2 is 1.84 bits per heavy atom. The molecule has 144 valence electrons. The highest BCUT2D eigenvalue weighted by Crippen LogP contribution is 2.46. The molecule has 1 aliphatic heterocycles. The van der Waals surface area contributed by atoms with Crippen LogP contribution in [0.25, 0.3) is 0 Å². The molecular formula is C18H30O7. The summed E-state index contributed by atoms with van der Waals surface area (Å²) in [6.45, 7) is 5.28. The number of hydrogen-bond acceptors (Lipinski definition) is 5. The third-order valence-electron chi connectivity index (χ3n) is 4.83. The fourth-order valence-electron chi connectivity index (χ4n) is 3.44. The summed E-state index contributed by atoms with van der Waals surface area (Å²) in [5.41, 5.74) is 0.398. The van der Waals surface area contributed by atoms with Crippen molar-refractivity contribution in [2.75, 3.05) is 6.61 Å². The standard InChI is InChI=1S/C18H30O7/c1-11(6-4-5-7-14(20)13(10-19)17(23)24)9-18(3)16(25-18)12(2)8-15(21)22/h8,11,13-14,16,19-20H,4-7,9-10H2,1-3H3,(H,21,22)(H,23,24)/b12-8+/t11-,13+,14-,16-,18+/m0/s1. The van der Waals surface area contributed by atoms with Gasteiger partial charge in [-0.25, -0.2) is 4.79 Å². The van der Waals surface area contributed by atoms with Gasteiger partial charge >= 0.3 is 11.9 Å². The maximum Gasteiger partial charge on any atom is 0.328 e. The van der Waals surface area contributed by atoms with Crippen molar-refractivity contribution in [1.82, 2.24) is 0 Å². The van der Waals surface area contributed by atoms with Crippen LogP contribution in [0.5, 0.6) is 0 Å². The summed E-state index contributed by atoms with van der Waals surface area (Å²) < 4.78 is 5.69. The SMILES string of the molecule is C/C(=C\C(=O)O)[C@@H]1O[C@]1(C)C[C@@H](C)CCCC[C@H](O)[C@@H](CO)C(=O)O. The largest absolute Gasteiger partial charge is 0.481 e. The van der Waals surface area contributed by atoms with Crippen LogP contribution in [-0.4, -0.2) is 56.8 Å².